The highest BCUT2D eigenvalue weighted by atomic mass is 35.5. The van der Waals surface area contributed by atoms with Crippen LogP contribution < -0.4 is 10.1 Å². The first-order valence-corrected chi connectivity index (χ1v) is 14.4. The van der Waals surface area contributed by atoms with Gasteiger partial charge < -0.3 is 24.6 Å². The molecule has 9 heteroatoms. The van der Waals surface area contributed by atoms with Gasteiger partial charge in [0.1, 0.15) is 11.4 Å². The maximum absolute atomic E-state index is 14.2. The van der Waals surface area contributed by atoms with E-state index in [1.165, 1.54) is 0 Å². The largest absolute Gasteiger partial charge is 0.494 e. The first kappa shape index (κ1) is 31.1. The number of halogens is 1. The number of carbonyl (C=O) groups excluding carboxylic acids is 2. The molecule has 0 aromatic heterocycles. The van der Waals surface area contributed by atoms with Crippen molar-refractivity contribution >= 4 is 29.4 Å². The van der Waals surface area contributed by atoms with Gasteiger partial charge in [-0.1, -0.05) is 60.1 Å². The maximum atomic E-state index is 14.2. The van der Waals surface area contributed by atoms with Gasteiger partial charge in [0.25, 0.3) is 5.91 Å². The number of hydrogen-bond donors (Lipinski definition) is 2. The number of carbonyl (C=O) groups is 2. The van der Waals surface area contributed by atoms with Crippen LogP contribution >= 0.6 is 11.6 Å². The number of ether oxygens (including phenoxy) is 3. The number of esters is 1. The Labute approximate surface area is 251 Å². The van der Waals surface area contributed by atoms with Crippen LogP contribution in [0, 0.1) is 0 Å². The van der Waals surface area contributed by atoms with Crippen LogP contribution in [0.4, 0.5) is 0 Å². The molecular weight excluding hydrogens is 556 g/mol. The van der Waals surface area contributed by atoms with Gasteiger partial charge >= 0.3 is 5.97 Å². The summed E-state index contributed by atoms with van der Waals surface area (Å²) in [6, 6.07) is 23.9. The number of rotatable bonds is 12. The molecule has 0 unspecified atom stereocenters. The van der Waals surface area contributed by atoms with Crippen molar-refractivity contribution in [3.05, 3.63) is 101 Å². The summed E-state index contributed by atoms with van der Waals surface area (Å²) < 4.78 is 17.7. The summed E-state index contributed by atoms with van der Waals surface area (Å²) in [7, 11) is 0. The zero-order chi connectivity index (χ0) is 30.2. The van der Waals surface area contributed by atoms with Crippen molar-refractivity contribution < 1.29 is 28.9 Å². The fraction of sp³-hybridized carbons (Fsp3) is 0.364. The zero-order valence-corrected chi connectivity index (χ0v) is 24.9. The second kappa shape index (κ2) is 13.9. The molecule has 8 nitrogen and oxygen atoms in total. The normalized spacial score (nSPS) is 18.1. The Balaban J connectivity index is 1.70. The number of hydrogen-bond acceptors (Lipinski definition) is 7. The van der Waals surface area contributed by atoms with Crippen LogP contribution in [0.25, 0.3) is 0 Å². The van der Waals surface area contributed by atoms with Gasteiger partial charge in [-0.25, -0.2) is 4.99 Å². The Kier molecular flexibility index (Phi) is 10.2. The van der Waals surface area contributed by atoms with Crippen molar-refractivity contribution in [3.8, 4) is 5.75 Å². The Morgan fingerprint density at radius 2 is 1.71 bits per heavy atom. The SMILES string of the molecule is CC(C)(C)OC(=O)CC[C@@]1(C(=O)NCc2ccccc2Cl)N=C(c2ccc(OCCCO)cc2)O[C@@H]1c1ccccc1. The van der Waals surface area contributed by atoms with E-state index < -0.39 is 29.1 Å². The number of nitrogens with one attached hydrogen (secondary N) is 1. The summed E-state index contributed by atoms with van der Waals surface area (Å²) in [5.41, 5.74) is 0.0223. The van der Waals surface area contributed by atoms with E-state index in [1.807, 2.05) is 48.5 Å². The van der Waals surface area contributed by atoms with Crippen molar-refractivity contribution in [3.63, 3.8) is 0 Å². The van der Waals surface area contributed by atoms with Crippen molar-refractivity contribution in [2.45, 2.75) is 63.8 Å². The number of aliphatic imine (C=N–C) groups is 1. The molecule has 0 saturated carbocycles. The summed E-state index contributed by atoms with van der Waals surface area (Å²) >= 11 is 6.36. The molecule has 3 aromatic carbocycles. The Bertz CT molecular complexity index is 1390. The maximum Gasteiger partial charge on any atom is 0.306 e. The number of aliphatic hydroxyl groups is 1. The Morgan fingerprint density at radius 3 is 2.38 bits per heavy atom. The molecule has 1 amide bonds. The van der Waals surface area contributed by atoms with Gasteiger partial charge in [0.05, 0.1) is 6.61 Å². The number of benzene rings is 3. The third-order valence-corrected chi connectivity index (χ3v) is 7.03. The molecule has 0 fully saturated rings. The van der Waals surface area contributed by atoms with Crippen molar-refractivity contribution in [1.82, 2.24) is 5.32 Å². The number of amides is 1. The highest BCUT2D eigenvalue weighted by Crippen LogP contribution is 2.43. The van der Waals surface area contributed by atoms with Crippen molar-refractivity contribution in [2.24, 2.45) is 4.99 Å². The minimum atomic E-state index is -1.47. The molecule has 0 spiro atoms. The van der Waals surface area contributed by atoms with Crippen LogP contribution in [0.2, 0.25) is 5.02 Å². The quantitative estimate of drug-likeness (QED) is 0.203. The monoisotopic (exact) mass is 592 g/mol. The van der Waals surface area contributed by atoms with Gasteiger partial charge in [0, 0.05) is 36.6 Å². The fourth-order valence-corrected chi connectivity index (χ4v) is 4.86. The molecule has 0 aliphatic carbocycles. The second-order valence-electron chi connectivity index (χ2n) is 11.1. The van der Waals surface area contributed by atoms with Crippen LogP contribution in [0.1, 0.15) is 62.8 Å². The third kappa shape index (κ3) is 7.89. The molecule has 1 aliphatic rings. The molecular formula is C33H37ClN2O6. The van der Waals surface area contributed by atoms with Gasteiger partial charge in [0.15, 0.2) is 11.6 Å². The average Bonchev–Trinajstić information content (AvgIpc) is 3.37. The summed E-state index contributed by atoms with van der Waals surface area (Å²) in [6.07, 6.45) is -0.262. The van der Waals surface area contributed by atoms with Crippen molar-refractivity contribution in [2.75, 3.05) is 13.2 Å². The van der Waals surface area contributed by atoms with E-state index in [4.69, 9.17) is 35.9 Å². The smallest absolute Gasteiger partial charge is 0.306 e. The highest BCUT2D eigenvalue weighted by Gasteiger charge is 2.53. The minimum absolute atomic E-state index is 0.0438. The molecule has 0 bridgehead atoms. The van der Waals surface area contributed by atoms with Gasteiger partial charge in [-0.15, -0.1) is 0 Å². The Morgan fingerprint density at radius 1 is 1.02 bits per heavy atom. The van der Waals surface area contributed by atoms with E-state index in [1.54, 1.807) is 51.1 Å². The lowest BCUT2D eigenvalue weighted by molar-refractivity contribution is -0.155. The van der Waals surface area contributed by atoms with Gasteiger partial charge in [0.2, 0.25) is 5.90 Å². The molecule has 0 radical (unpaired) electrons. The molecule has 1 heterocycles. The standard InChI is InChI=1S/C33H37ClN2O6/c1-32(2,3)42-28(38)18-19-33(31(39)35-22-25-12-7-8-13-27(25)34)29(23-10-5-4-6-11-23)41-30(36-33)24-14-16-26(17-15-24)40-21-9-20-37/h4-8,10-17,29,37H,9,18-22H2,1-3H3,(H,35,39)/t29-,33-/m1/s1. The molecule has 2 N–H and O–H groups in total. The predicted octanol–water partition coefficient (Wildman–Crippen LogP) is 5.80. The van der Waals surface area contributed by atoms with Crippen LogP contribution in [0.15, 0.2) is 83.9 Å². The van der Waals surface area contributed by atoms with Crippen LogP contribution in [0.3, 0.4) is 0 Å². The van der Waals surface area contributed by atoms with Gasteiger partial charge in [-0.2, -0.15) is 0 Å². The summed E-state index contributed by atoms with van der Waals surface area (Å²) in [5, 5.41) is 12.6. The van der Waals surface area contributed by atoms with E-state index in [0.717, 1.165) is 11.1 Å². The van der Waals surface area contributed by atoms with Crippen molar-refractivity contribution in [1.29, 1.82) is 0 Å². The first-order chi connectivity index (χ1) is 20.1. The van der Waals surface area contributed by atoms with E-state index in [9.17, 15) is 9.59 Å². The number of aliphatic hydroxyl groups excluding tert-OH is 1. The molecule has 3 aromatic rings. The second-order valence-corrected chi connectivity index (χ2v) is 11.5. The van der Waals surface area contributed by atoms with E-state index >= 15 is 0 Å². The topological polar surface area (TPSA) is 106 Å². The average molecular weight is 593 g/mol. The minimum Gasteiger partial charge on any atom is -0.494 e. The molecule has 1 aliphatic heterocycles. The third-order valence-electron chi connectivity index (χ3n) is 6.66. The summed E-state index contributed by atoms with van der Waals surface area (Å²) in [5.74, 6) is 0.0985. The van der Waals surface area contributed by atoms with Crippen LogP contribution in [0.5, 0.6) is 5.75 Å². The molecule has 0 saturated heterocycles. The lowest BCUT2D eigenvalue weighted by Gasteiger charge is -2.31. The predicted molar refractivity (Wildman–Crippen MR) is 162 cm³/mol. The van der Waals surface area contributed by atoms with Crippen LogP contribution in [-0.4, -0.2) is 47.2 Å². The van der Waals surface area contributed by atoms with Gasteiger partial charge in [-0.05, 0) is 68.7 Å². The van der Waals surface area contributed by atoms with Gasteiger partial charge in [-0.3, -0.25) is 9.59 Å². The fourth-order valence-electron chi connectivity index (χ4n) is 4.65. The summed E-state index contributed by atoms with van der Waals surface area (Å²) in [6.45, 7) is 6.02. The molecule has 42 heavy (non-hydrogen) atoms. The Hall–Kier alpha value is -3.88. The number of nitrogens with zero attached hydrogens (tertiary/aromatic N) is 1. The molecule has 222 valence electrons. The lowest BCUT2D eigenvalue weighted by Crippen LogP contribution is -2.48. The van der Waals surface area contributed by atoms with E-state index in [-0.39, 0.29) is 31.9 Å². The van der Waals surface area contributed by atoms with Crippen LogP contribution in [-0.2, 0) is 25.6 Å². The molecule has 2 atom stereocenters. The molecule has 4 rings (SSSR count). The zero-order valence-electron chi connectivity index (χ0n) is 24.1. The summed E-state index contributed by atoms with van der Waals surface area (Å²) in [4.78, 5) is 32.0. The van der Waals surface area contributed by atoms with E-state index in [2.05, 4.69) is 5.32 Å². The lowest BCUT2D eigenvalue weighted by atomic mass is 9.83. The highest BCUT2D eigenvalue weighted by molar-refractivity contribution is 6.31. The first-order valence-electron chi connectivity index (χ1n) is 14.0. The van der Waals surface area contributed by atoms with E-state index in [0.29, 0.717) is 29.4 Å².